The van der Waals surface area contributed by atoms with Crippen molar-refractivity contribution in [2.45, 2.75) is 6.42 Å². The Morgan fingerprint density at radius 1 is 1.50 bits per heavy atom. The van der Waals surface area contributed by atoms with Crippen LogP contribution in [0.25, 0.3) is 0 Å². The third kappa shape index (κ3) is 0.953. The molecular weight excluding hydrogens is 178 g/mol. The minimum absolute atomic E-state index is 0.0748. The first kappa shape index (κ1) is 7.85. The van der Waals surface area contributed by atoms with Crippen molar-refractivity contribution in [2.75, 3.05) is 13.2 Å². The maximum absolute atomic E-state index is 11.6. The van der Waals surface area contributed by atoms with Gasteiger partial charge in [0.25, 0.3) is 0 Å². The molecule has 3 rings (SSSR count). The lowest BCUT2D eigenvalue weighted by atomic mass is 9.87. The molecular formula is C11H11NO2. The van der Waals surface area contributed by atoms with Crippen LogP contribution in [-0.4, -0.2) is 19.1 Å². The fourth-order valence-corrected chi connectivity index (χ4v) is 2.25. The van der Waals surface area contributed by atoms with Crippen molar-refractivity contribution < 1.29 is 9.53 Å². The second-order valence-corrected chi connectivity index (χ2v) is 3.75. The maximum atomic E-state index is 11.6. The number of carbonyl (C=O) groups excluding carboxylic acids is 1. The molecule has 0 bridgehead atoms. The zero-order valence-electron chi connectivity index (χ0n) is 7.75. The van der Waals surface area contributed by atoms with Gasteiger partial charge in [-0.15, -0.1) is 0 Å². The van der Waals surface area contributed by atoms with Gasteiger partial charge in [-0.1, -0.05) is 6.08 Å². The second kappa shape index (κ2) is 2.74. The van der Waals surface area contributed by atoms with Crippen LogP contribution in [0.5, 0.6) is 0 Å². The Hall–Kier alpha value is -1.51. The first-order valence-corrected chi connectivity index (χ1v) is 4.88. The summed E-state index contributed by atoms with van der Waals surface area (Å²) in [4.78, 5) is 11.6. The van der Waals surface area contributed by atoms with Gasteiger partial charge in [0.1, 0.15) is 12.4 Å². The van der Waals surface area contributed by atoms with Gasteiger partial charge in [-0.2, -0.15) is 0 Å². The molecule has 2 aliphatic heterocycles. The summed E-state index contributed by atoms with van der Waals surface area (Å²) in [6.45, 7) is 1.39. The Labute approximate surface area is 82.1 Å². The van der Waals surface area contributed by atoms with Gasteiger partial charge >= 0.3 is 0 Å². The number of allylic oxidation sites excluding steroid dienone is 2. The molecule has 1 saturated heterocycles. The predicted molar refractivity (Wildman–Crippen MR) is 51.3 cm³/mol. The number of fused-ring (bicyclic) bond motifs is 2. The van der Waals surface area contributed by atoms with Gasteiger partial charge in [0.05, 0.1) is 0 Å². The van der Waals surface area contributed by atoms with Crippen molar-refractivity contribution in [2.24, 2.45) is 5.92 Å². The lowest BCUT2D eigenvalue weighted by Crippen LogP contribution is -2.16. The third-order valence-electron chi connectivity index (χ3n) is 2.92. The molecule has 0 spiro atoms. The zero-order chi connectivity index (χ0) is 9.54. The van der Waals surface area contributed by atoms with E-state index in [-0.39, 0.29) is 5.91 Å². The molecule has 14 heavy (non-hydrogen) atoms. The van der Waals surface area contributed by atoms with Gasteiger partial charge in [0.15, 0.2) is 0 Å². The monoisotopic (exact) mass is 189 g/mol. The molecule has 1 aliphatic carbocycles. The summed E-state index contributed by atoms with van der Waals surface area (Å²) < 4.78 is 5.47. The largest absolute Gasteiger partial charge is 0.489 e. The van der Waals surface area contributed by atoms with E-state index in [0.717, 1.165) is 29.9 Å². The molecule has 0 aromatic carbocycles. The van der Waals surface area contributed by atoms with E-state index < -0.39 is 0 Å². The fraction of sp³-hybridized carbons (Fsp3) is 0.364. The maximum Gasteiger partial charge on any atom is 0.248 e. The average molecular weight is 189 g/mol. The highest BCUT2D eigenvalue weighted by molar-refractivity contribution is 5.98. The van der Waals surface area contributed by atoms with E-state index in [2.05, 4.69) is 11.4 Å². The van der Waals surface area contributed by atoms with Crippen LogP contribution in [0.15, 0.2) is 35.1 Å². The molecule has 0 aromatic rings. The van der Waals surface area contributed by atoms with Crippen molar-refractivity contribution >= 4 is 5.91 Å². The fourth-order valence-electron chi connectivity index (χ4n) is 2.25. The number of nitrogens with one attached hydrogen (secondary N) is 1. The zero-order valence-corrected chi connectivity index (χ0v) is 7.75. The van der Waals surface area contributed by atoms with E-state index in [0.29, 0.717) is 12.5 Å². The summed E-state index contributed by atoms with van der Waals surface area (Å²) in [5.74, 6) is 1.31. The number of hydrogen-bond acceptors (Lipinski definition) is 2. The Bertz CT molecular complexity index is 390. The standard InChI is InChI=1S/C11H11NO2/c13-11-10-7(6-12-11)3-4-9-8(10)2-1-5-14-9/h1-2,4,7H,3,5-6H2,(H,12,13). The molecule has 0 aromatic heterocycles. The number of hydrogen-bond donors (Lipinski definition) is 1. The van der Waals surface area contributed by atoms with Crippen molar-refractivity contribution in [3.8, 4) is 0 Å². The smallest absolute Gasteiger partial charge is 0.248 e. The van der Waals surface area contributed by atoms with E-state index in [9.17, 15) is 4.79 Å². The summed E-state index contributed by atoms with van der Waals surface area (Å²) in [7, 11) is 0. The molecule has 72 valence electrons. The number of amides is 1. The van der Waals surface area contributed by atoms with Gasteiger partial charge in [0, 0.05) is 23.6 Å². The van der Waals surface area contributed by atoms with E-state index >= 15 is 0 Å². The van der Waals surface area contributed by atoms with Gasteiger partial charge < -0.3 is 10.1 Å². The SMILES string of the molecule is O=C1NCC2CC=C3OCC=CC3=C12. The van der Waals surface area contributed by atoms with Crippen LogP contribution in [0.2, 0.25) is 0 Å². The summed E-state index contributed by atoms with van der Waals surface area (Å²) in [5.41, 5.74) is 1.90. The number of rotatable bonds is 0. The molecule has 1 amide bonds. The van der Waals surface area contributed by atoms with E-state index in [4.69, 9.17) is 4.74 Å². The Morgan fingerprint density at radius 3 is 3.36 bits per heavy atom. The van der Waals surface area contributed by atoms with Crippen molar-refractivity contribution in [1.29, 1.82) is 0 Å². The van der Waals surface area contributed by atoms with E-state index in [1.165, 1.54) is 0 Å². The van der Waals surface area contributed by atoms with E-state index in [1.807, 2.05) is 12.2 Å². The van der Waals surface area contributed by atoms with Gasteiger partial charge in [0.2, 0.25) is 5.91 Å². The Kier molecular flexibility index (Phi) is 1.54. The second-order valence-electron chi connectivity index (χ2n) is 3.75. The number of ether oxygens (including phenoxy) is 1. The molecule has 1 fully saturated rings. The third-order valence-corrected chi connectivity index (χ3v) is 2.92. The van der Waals surface area contributed by atoms with Crippen LogP contribution >= 0.6 is 0 Å². The summed E-state index contributed by atoms with van der Waals surface area (Å²) in [5, 5.41) is 2.87. The van der Waals surface area contributed by atoms with Crippen LogP contribution < -0.4 is 5.32 Å². The number of carbonyl (C=O) groups is 1. The molecule has 1 unspecified atom stereocenters. The highest BCUT2D eigenvalue weighted by atomic mass is 16.5. The lowest BCUT2D eigenvalue weighted by molar-refractivity contribution is -0.116. The molecule has 0 radical (unpaired) electrons. The molecule has 0 saturated carbocycles. The minimum atomic E-state index is 0.0748. The van der Waals surface area contributed by atoms with E-state index in [1.54, 1.807) is 0 Å². The summed E-state index contributed by atoms with van der Waals surface area (Å²) in [6.07, 6.45) is 6.96. The first-order valence-electron chi connectivity index (χ1n) is 4.88. The van der Waals surface area contributed by atoms with Crippen LogP contribution in [-0.2, 0) is 9.53 Å². The van der Waals surface area contributed by atoms with Gasteiger partial charge in [-0.25, -0.2) is 0 Å². The summed E-state index contributed by atoms with van der Waals surface area (Å²) >= 11 is 0. The lowest BCUT2D eigenvalue weighted by Gasteiger charge is -2.22. The van der Waals surface area contributed by atoms with Crippen LogP contribution in [0.4, 0.5) is 0 Å². The molecule has 1 atom stereocenters. The van der Waals surface area contributed by atoms with Crippen molar-refractivity contribution in [3.05, 3.63) is 35.1 Å². The average Bonchev–Trinajstić information content (AvgIpc) is 2.61. The minimum Gasteiger partial charge on any atom is -0.489 e. The van der Waals surface area contributed by atoms with Gasteiger partial charge in [-0.05, 0) is 18.6 Å². The highest BCUT2D eigenvalue weighted by Crippen LogP contribution is 2.35. The van der Waals surface area contributed by atoms with Crippen molar-refractivity contribution in [1.82, 2.24) is 5.32 Å². The topological polar surface area (TPSA) is 38.3 Å². The van der Waals surface area contributed by atoms with Crippen LogP contribution in [0.1, 0.15) is 6.42 Å². The summed E-state index contributed by atoms with van der Waals surface area (Å²) in [6, 6.07) is 0. The predicted octanol–water partition coefficient (Wildman–Crippen LogP) is 0.903. The quantitative estimate of drug-likeness (QED) is 0.615. The van der Waals surface area contributed by atoms with Gasteiger partial charge in [-0.3, -0.25) is 4.79 Å². The molecule has 3 aliphatic rings. The Morgan fingerprint density at radius 2 is 2.43 bits per heavy atom. The van der Waals surface area contributed by atoms with Crippen LogP contribution in [0, 0.1) is 5.92 Å². The first-order chi connectivity index (χ1) is 6.86. The molecule has 2 heterocycles. The molecule has 3 nitrogen and oxygen atoms in total. The highest BCUT2D eigenvalue weighted by Gasteiger charge is 2.34. The Balaban J connectivity index is 2.15. The molecule has 1 N–H and O–H groups in total. The normalized spacial score (nSPS) is 29.0. The van der Waals surface area contributed by atoms with Crippen molar-refractivity contribution in [3.63, 3.8) is 0 Å². The van der Waals surface area contributed by atoms with Crippen LogP contribution in [0.3, 0.4) is 0 Å². The molecule has 3 heteroatoms.